The van der Waals surface area contributed by atoms with Gasteiger partial charge >= 0.3 is 0 Å². The third-order valence-electron chi connectivity index (χ3n) is 3.88. The molecular weight excluding hydrogens is 255 g/mol. The summed E-state index contributed by atoms with van der Waals surface area (Å²) in [6, 6.07) is 5.64. The molecule has 1 aromatic rings. The van der Waals surface area contributed by atoms with Gasteiger partial charge in [-0.1, -0.05) is 18.6 Å². The first-order valence-corrected chi connectivity index (χ1v) is 7.48. The Kier molecular flexibility index (Phi) is 5.80. The zero-order chi connectivity index (χ0) is 14.4. The molecule has 0 saturated carbocycles. The maximum absolute atomic E-state index is 14.0. The van der Waals surface area contributed by atoms with Gasteiger partial charge in [-0.3, -0.25) is 0 Å². The molecule has 0 amide bonds. The SMILES string of the molecule is COc1cccc(CNC(C)CN2CCCCC2)c1F. The number of likely N-dealkylation sites (tertiary alicyclic amines) is 1. The predicted octanol–water partition coefficient (Wildman–Crippen LogP) is 2.80. The molecule has 0 aliphatic carbocycles. The number of halogens is 1. The van der Waals surface area contributed by atoms with Crippen molar-refractivity contribution in [1.82, 2.24) is 10.2 Å². The van der Waals surface area contributed by atoms with E-state index in [0.29, 0.717) is 23.9 Å². The van der Waals surface area contributed by atoms with Gasteiger partial charge in [-0.2, -0.15) is 0 Å². The molecule has 1 aliphatic rings. The molecular formula is C16H25FN2O. The molecule has 0 bridgehead atoms. The molecule has 1 heterocycles. The van der Waals surface area contributed by atoms with Crippen LogP contribution in [0.5, 0.6) is 5.75 Å². The lowest BCUT2D eigenvalue weighted by molar-refractivity contribution is 0.208. The predicted molar refractivity (Wildman–Crippen MR) is 79.5 cm³/mol. The summed E-state index contributed by atoms with van der Waals surface area (Å²) in [5, 5.41) is 3.40. The Morgan fingerprint density at radius 1 is 1.30 bits per heavy atom. The van der Waals surface area contributed by atoms with Gasteiger partial charge in [0.2, 0.25) is 0 Å². The number of benzene rings is 1. The Morgan fingerprint density at radius 3 is 2.75 bits per heavy atom. The van der Waals surface area contributed by atoms with Gasteiger partial charge < -0.3 is 15.0 Å². The van der Waals surface area contributed by atoms with Crippen LogP contribution in [0.4, 0.5) is 4.39 Å². The first kappa shape index (κ1) is 15.3. The number of methoxy groups -OCH3 is 1. The molecule has 1 atom stereocenters. The van der Waals surface area contributed by atoms with Gasteiger partial charge in [0.05, 0.1) is 7.11 Å². The lowest BCUT2D eigenvalue weighted by Crippen LogP contribution is -2.41. The van der Waals surface area contributed by atoms with E-state index in [0.717, 1.165) is 6.54 Å². The average Bonchev–Trinajstić information content (AvgIpc) is 2.47. The maximum Gasteiger partial charge on any atom is 0.169 e. The van der Waals surface area contributed by atoms with Crippen LogP contribution in [-0.2, 0) is 6.54 Å². The number of nitrogens with one attached hydrogen (secondary N) is 1. The summed E-state index contributed by atoms with van der Waals surface area (Å²) >= 11 is 0. The second kappa shape index (κ2) is 7.60. The van der Waals surface area contributed by atoms with Gasteiger partial charge in [0, 0.05) is 24.7 Å². The Bertz CT molecular complexity index is 419. The average molecular weight is 280 g/mol. The molecule has 1 unspecified atom stereocenters. The summed E-state index contributed by atoms with van der Waals surface area (Å²) in [4.78, 5) is 2.49. The fourth-order valence-electron chi connectivity index (χ4n) is 2.73. The zero-order valence-electron chi connectivity index (χ0n) is 12.5. The summed E-state index contributed by atoms with van der Waals surface area (Å²) in [5.74, 6) is 0.0562. The monoisotopic (exact) mass is 280 g/mol. The van der Waals surface area contributed by atoms with E-state index in [4.69, 9.17) is 4.74 Å². The van der Waals surface area contributed by atoms with Crippen molar-refractivity contribution in [2.24, 2.45) is 0 Å². The smallest absolute Gasteiger partial charge is 0.169 e. The van der Waals surface area contributed by atoms with E-state index in [1.165, 1.54) is 39.5 Å². The number of rotatable bonds is 6. The van der Waals surface area contributed by atoms with Crippen molar-refractivity contribution < 1.29 is 9.13 Å². The van der Waals surface area contributed by atoms with Crippen LogP contribution in [0, 0.1) is 5.82 Å². The quantitative estimate of drug-likeness (QED) is 0.867. The minimum Gasteiger partial charge on any atom is -0.494 e. The van der Waals surface area contributed by atoms with Crippen LogP contribution in [0.2, 0.25) is 0 Å². The zero-order valence-corrected chi connectivity index (χ0v) is 12.5. The van der Waals surface area contributed by atoms with E-state index in [1.54, 1.807) is 12.1 Å². The molecule has 0 aromatic heterocycles. The molecule has 20 heavy (non-hydrogen) atoms. The Balaban J connectivity index is 1.82. The van der Waals surface area contributed by atoms with Crippen LogP contribution in [0.15, 0.2) is 18.2 Å². The van der Waals surface area contributed by atoms with Crippen molar-refractivity contribution in [3.05, 3.63) is 29.6 Å². The van der Waals surface area contributed by atoms with Gasteiger partial charge in [-0.25, -0.2) is 4.39 Å². The van der Waals surface area contributed by atoms with E-state index in [-0.39, 0.29) is 5.82 Å². The van der Waals surface area contributed by atoms with Crippen molar-refractivity contribution >= 4 is 0 Å². The first-order valence-electron chi connectivity index (χ1n) is 7.48. The summed E-state index contributed by atoms with van der Waals surface area (Å²) in [6.45, 7) is 6.12. The van der Waals surface area contributed by atoms with Crippen LogP contribution in [0.25, 0.3) is 0 Å². The highest BCUT2D eigenvalue weighted by atomic mass is 19.1. The molecule has 3 nitrogen and oxygen atoms in total. The summed E-state index contributed by atoms with van der Waals surface area (Å²) in [5.41, 5.74) is 0.662. The molecule has 0 spiro atoms. The van der Waals surface area contributed by atoms with Crippen LogP contribution in [0.3, 0.4) is 0 Å². The summed E-state index contributed by atoms with van der Waals surface area (Å²) in [7, 11) is 1.49. The minimum atomic E-state index is -0.257. The molecule has 1 aromatic carbocycles. The van der Waals surface area contributed by atoms with Crippen molar-refractivity contribution in [3.63, 3.8) is 0 Å². The number of hydrogen-bond donors (Lipinski definition) is 1. The Hall–Kier alpha value is -1.13. The molecule has 1 aliphatic heterocycles. The maximum atomic E-state index is 14.0. The van der Waals surface area contributed by atoms with Crippen LogP contribution in [-0.4, -0.2) is 37.7 Å². The normalized spacial score (nSPS) is 17.9. The summed E-state index contributed by atoms with van der Waals surface area (Å²) in [6.07, 6.45) is 3.96. The lowest BCUT2D eigenvalue weighted by Gasteiger charge is -2.29. The number of hydrogen-bond acceptors (Lipinski definition) is 3. The molecule has 4 heteroatoms. The van der Waals surface area contributed by atoms with Gasteiger partial charge in [-0.05, 0) is 38.9 Å². The third kappa shape index (κ3) is 4.18. The molecule has 1 N–H and O–H groups in total. The fourth-order valence-corrected chi connectivity index (χ4v) is 2.73. The van der Waals surface area contributed by atoms with Crippen molar-refractivity contribution in [2.75, 3.05) is 26.7 Å². The first-order chi connectivity index (χ1) is 9.70. The highest BCUT2D eigenvalue weighted by Crippen LogP contribution is 2.19. The van der Waals surface area contributed by atoms with Gasteiger partial charge in [0.1, 0.15) is 0 Å². The lowest BCUT2D eigenvalue weighted by atomic mass is 10.1. The van der Waals surface area contributed by atoms with E-state index < -0.39 is 0 Å². The Morgan fingerprint density at radius 2 is 2.05 bits per heavy atom. The highest BCUT2D eigenvalue weighted by molar-refractivity contribution is 5.30. The third-order valence-corrected chi connectivity index (χ3v) is 3.88. The van der Waals surface area contributed by atoms with Crippen LogP contribution < -0.4 is 10.1 Å². The van der Waals surface area contributed by atoms with E-state index in [9.17, 15) is 4.39 Å². The van der Waals surface area contributed by atoms with E-state index in [1.807, 2.05) is 6.07 Å². The van der Waals surface area contributed by atoms with Crippen molar-refractivity contribution in [1.29, 1.82) is 0 Å². The second-order valence-corrected chi connectivity index (χ2v) is 5.58. The molecule has 2 rings (SSSR count). The second-order valence-electron chi connectivity index (χ2n) is 5.58. The number of ether oxygens (including phenoxy) is 1. The van der Waals surface area contributed by atoms with Crippen molar-refractivity contribution in [3.8, 4) is 5.75 Å². The van der Waals surface area contributed by atoms with Gasteiger partial charge in [0.15, 0.2) is 11.6 Å². The minimum absolute atomic E-state index is 0.257. The number of nitrogens with zero attached hydrogens (tertiary/aromatic N) is 1. The molecule has 0 radical (unpaired) electrons. The fraction of sp³-hybridized carbons (Fsp3) is 0.625. The van der Waals surface area contributed by atoms with Gasteiger partial charge in [-0.15, -0.1) is 0 Å². The van der Waals surface area contributed by atoms with Crippen LogP contribution >= 0.6 is 0 Å². The Labute approximate surface area is 121 Å². The molecule has 112 valence electrons. The molecule has 1 saturated heterocycles. The van der Waals surface area contributed by atoms with Crippen molar-refractivity contribution in [2.45, 2.75) is 38.8 Å². The van der Waals surface area contributed by atoms with Crippen LogP contribution in [0.1, 0.15) is 31.7 Å². The van der Waals surface area contributed by atoms with Gasteiger partial charge in [0.25, 0.3) is 0 Å². The standard InChI is InChI=1S/C16H25FN2O/c1-13(12-19-9-4-3-5-10-19)18-11-14-7-6-8-15(20-2)16(14)17/h6-8,13,18H,3-5,9-12H2,1-2H3. The highest BCUT2D eigenvalue weighted by Gasteiger charge is 2.14. The number of piperidine rings is 1. The van der Waals surface area contributed by atoms with E-state index >= 15 is 0 Å². The van der Waals surface area contributed by atoms with E-state index in [2.05, 4.69) is 17.1 Å². The topological polar surface area (TPSA) is 24.5 Å². The summed E-state index contributed by atoms with van der Waals surface area (Å²) < 4.78 is 19.0. The largest absolute Gasteiger partial charge is 0.494 e. The molecule has 1 fully saturated rings.